The van der Waals surface area contributed by atoms with E-state index in [1.807, 2.05) is 6.92 Å². The first kappa shape index (κ1) is 33.0. The lowest BCUT2D eigenvalue weighted by Gasteiger charge is -2.60. The average Bonchev–Trinajstić information content (AvgIpc) is 3.51. The number of hydrogen-bond donors (Lipinski definition) is 6. The second-order valence-corrected chi connectivity index (χ2v) is 15.6. The Morgan fingerprint density at radius 2 is 1.91 bits per heavy atom. The molecule has 250 valence electrons. The van der Waals surface area contributed by atoms with Crippen molar-refractivity contribution >= 4 is 5.78 Å². The van der Waals surface area contributed by atoms with Gasteiger partial charge in [0.05, 0.1) is 23.4 Å². The van der Waals surface area contributed by atoms with Gasteiger partial charge in [-0.2, -0.15) is 0 Å². The Morgan fingerprint density at radius 1 is 1.14 bits per heavy atom. The monoisotopic (exact) mass is 621 g/mol. The van der Waals surface area contributed by atoms with E-state index in [0.29, 0.717) is 51.9 Å². The summed E-state index contributed by atoms with van der Waals surface area (Å²) in [4.78, 5) is 13.8. The second-order valence-electron chi connectivity index (χ2n) is 15.6. The highest BCUT2D eigenvalue weighted by Crippen LogP contribution is 2.69. The van der Waals surface area contributed by atoms with Gasteiger partial charge in [-0.15, -0.1) is 0 Å². The van der Waals surface area contributed by atoms with Crippen molar-refractivity contribution in [3.8, 4) is 0 Å². The quantitative estimate of drug-likeness (QED) is 0.209. The number of rotatable bonds is 9. The Bertz CT molecular complexity index is 1110. The lowest BCUT2D eigenvalue weighted by atomic mass is 9.46. The molecule has 0 aromatic heterocycles. The van der Waals surface area contributed by atoms with Crippen LogP contribution in [0.15, 0.2) is 11.6 Å². The number of ketones is 1. The SMILES string of the molecule is COCCCOC1CCC2(C)C(C1)C(=O)C=C1C2CCC2(C)C(C(C)(O)C(O)C3OC4C(O)NCCC4C3CO)CCC12O. The van der Waals surface area contributed by atoms with Gasteiger partial charge in [0, 0.05) is 44.2 Å². The van der Waals surface area contributed by atoms with Crippen molar-refractivity contribution in [2.45, 2.75) is 120 Å². The number of carbonyl (C=O) groups is 1. The summed E-state index contributed by atoms with van der Waals surface area (Å²) in [7, 11) is 1.68. The van der Waals surface area contributed by atoms with Gasteiger partial charge in [-0.05, 0) is 106 Å². The highest BCUT2D eigenvalue weighted by atomic mass is 16.5. The first-order valence-electron chi connectivity index (χ1n) is 17.0. The van der Waals surface area contributed by atoms with Crippen LogP contribution in [-0.4, -0.2) is 107 Å². The molecule has 6 rings (SSSR count). The molecule has 44 heavy (non-hydrogen) atoms. The van der Waals surface area contributed by atoms with E-state index >= 15 is 0 Å². The Balaban J connectivity index is 1.23. The topological polar surface area (TPSA) is 158 Å². The summed E-state index contributed by atoms with van der Waals surface area (Å²) in [5, 5.41) is 60.4. The maximum Gasteiger partial charge on any atom is 0.159 e. The molecular weight excluding hydrogens is 566 g/mol. The van der Waals surface area contributed by atoms with Crippen molar-refractivity contribution < 1.29 is 44.5 Å². The van der Waals surface area contributed by atoms with E-state index in [1.165, 1.54) is 0 Å². The van der Waals surface area contributed by atoms with Crippen molar-refractivity contribution in [3.63, 3.8) is 0 Å². The summed E-state index contributed by atoms with van der Waals surface area (Å²) >= 11 is 0. The van der Waals surface area contributed by atoms with Crippen LogP contribution in [0, 0.1) is 40.4 Å². The largest absolute Gasteiger partial charge is 0.396 e. The van der Waals surface area contributed by atoms with Gasteiger partial charge in [-0.1, -0.05) is 13.8 Å². The number of aliphatic hydroxyl groups is 5. The fourth-order valence-corrected chi connectivity index (χ4v) is 11.0. The van der Waals surface area contributed by atoms with E-state index < -0.39 is 53.0 Å². The van der Waals surface area contributed by atoms with Crippen molar-refractivity contribution in [1.29, 1.82) is 0 Å². The number of nitrogens with one attached hydrogen (secondary N) is 1. The predicted molar refractivity (Wildman–Crippen MR) is 161 cm³/mol. The van der Waals surface area contributed by atoms with E-state index in [9.17, 15) is 30.3 Å². The van der Waals surface area contributed by atoms with Gasteiger partial charge in [0.25, 0.3) is 0 Å². The van der Waals surface area contributed by atoms with Crippen LogP contribution in [-0.2, 0) is 19.0 Å². The van der Waals surface area contributed by atoms with Gasteiger partial charge in [0.2, 0.25) is 0 Å². The zero-order valence-electron chi connectivity index (χ0n) is 26.9. The minimum absolute atomic E-state index is 0.0505. The van der Waals surface area contributed by atoms with Crippen molar-refractivity contribution in [2.75, 3.05) is 33.5 Å². The van der Waals surface area contributed by atoms with Crippen LogP contribution in [0.2, 0.25) is 0 Å². The second kappa shape index (κ2) is 11.9. The van der Waals surface area contributed by atoms with Crippen LogP contribution in [0.3, 0.4) is 0 Å². The Hall–Kier alpha value is -0.950. The standard InChI is InChI=1S/C34H55NO9/c1-31-10-6-19(43-15-5-14-42-4)16-24(31)25(37)17-23-22(31)7-11-32(2)26(8-12-34(23,32)41)33(3,40)29(38)27-21(18-36)20-9-13-35-30(39)28(20)44-27/h17,19-22,24,26-30,35-36,38-41H,5-16,18H2,1-4H3. The Labute approximate surface area is 261 Å². The van der Waals surface area contributed by atoms with Crippen molar-refractivity contribution in [3.05, 3.63) is 11.6 Å². The third-order valence-electron chi connectivity index (χ3n) is 13.6. The molecule has 6 N–H and O–H groups in total. The zero-order chi connectivity index (χ0) is 31.7. The van der Waals surface area contributed by atoms with Crippen LogP contribution >= 0.6 is 0 Å². The van der Waals surface area contributed by atoms with Crippen molar-refractivity contribution in [1.82, 2.24) is 5.32 Å². The van der Waals surface area contributed by atoms with E-state index in [-0.39, 0.29) is 41.7 Å². The van der Waals surface area contributed by atoms with E-state index in [0.717, 1.165) is 31.3 Å². The summed E-state index contributed by atoms with van der Waals surface area (Å²) < 4.78 is 17.5. The van der Waals surface area contributed by atoms with Gasteiger partial charge in [-0.25, -0.2) is 0 Å². The molecule has 0 aromatic carbocycles. The number of carbonyl (C=O) groups excluding carboxylic acids is 1. The molecule has 3 saturated carbocycles. The molecule has 10 heteroatoms. The van der Waals surface area contributed by atoms with Crippen LogP contribution in [0.4, 0.5) is 0 Å². The first-order chi connectivity index (χ1) is 20.8. The number of ether oxygens (including phenoxy) is 3. The molecule has 2 heterocycles. The number of piperidine rings is 1. The summed E-state index contributed by atoms with van der Waals surface area (Å²) in [5.74, 6) is -1.02. The summed E-state index contributed by atoms with van der Waals surface area (Å²) in [6.07, 6.45) is 4.45. The maximum absolute atomic E-state index is 13.8. The number of fused-ring (bicyclic) bond motifs is 6. The Morgan fingerprint density at radius 3 is 2.64 bits per heavy atom. The molecule has 0 amide bonds. The number of hydrogen-bond acceptors (Lipinski definition) is 10. The molecular formula is C34H55NO9. The normalized spacial score (nSPS) is 48.9. The van der Waals surface area contributed by atoms with Gasteiger partial charge >= 0.3 is 0 Å². The van der Waals surface area contributed by atoms with E-state index in [2.05, 4.69) is 12.2 Å². The Kier molecular flexibility index (Phi) is 8.94. The molecule has 0 bridgehead atoms. The van der Waals surface area contributed by atoms with E-state index in [4.69, 9.17) is 14.2 Å². The zero-order valence-corrected chi connectivity index (χ0v) is 26.9. The lowest BCUT2D eigenvalue weighted by Crippen LogP contribution is -2.63. The predicted octanol–water partition coefficient (Wildman–Crippen LogP) is 1.70. The highest BCUT2D eigenvalue weighted by Gasteiger charge is 2.69. The fourth-order valence-electron chi connectivity index (χ4n) is 11.0. The minimum Gasteiger partial charge on any atom is -0.396 e. The van der Waals surface area contributed by atoms with Gasteiger partial charge in [0.1, 0.15) is 18.4 Å². The molecule has 0 aromatic rings. The third kappa shape index (κ3) is 4.89. The van der Waals surface area contributed by atoms with Crippen LogP contribution < -0.4 is 5.32 Å². The van der Waals surface area contributed by atoms with Gasteiger partial charge < -0.3 is 39.7 Å². The van der Waals surface area contributed by atoms with Crippen LogP contribution in [0.1, 0.15) is 78.6 Å². The summed E-state index contributed by atoms with van der Waals surface area (Å²) in [6.45, 7) is 7.52. The minimum atomic E-state index is -1.64. The smallest absolute Gasteiger partial charge is 0.159 e. The van der Waals surface area contributed by atoms with E-state index in [1.54, 1.807) is 20.1 Å². The number of aliphatic hydroxyl groups excluding tert-OH is 3. The van der Waals surface area contributed by atoms with Crippen LogP contribution in [0.5, 0.6) is 0 Å². The van der Waals surface area contributed by atoms with Gasteiger partial charge in [0.15, 0.2) is 5.78 Å². The highest BCUT2D eigenvalue weighted by molar-refractivity contribution is 5.95. The summed E-state index contributed by atoms with van der Waals surface area (Å²) in [6, 6.07) is 0. The molecule has 0 radical (unpaired) electrons. The number of allylic oxidation sites excluding steroid dienone is 1. The molecule has 2 aliphatic heterocycles. The fraction of sp³-hybridized carbons (Fsp3) is 0.912. The molecule has 4 aliphatic carbocycles. The molecule has 6 aliphatic rings. The molecule has 5 fully saturated rings. The molecule has 0 spiro atoms. The molecule has 10 nitrogen and oxygen atoms in total. The molecule has 2 saturated heterocycles. The lowest BCUT2D eigenvalue weighted by molar-refractivity contribution is -0.202. The van der Waals surface area contributed by atoms with Crippen LogP contribution in [0.25, 0.3) is 0 Å². The van der Waals surface area contributed by atoms with Gasteiger partial charge in [-0.3, -0.25) is 10.1 Å². The summed E-state index contributed by atoms with van der Waals surface area (Å²) in [5.41, 5.74) is -3.14. The maximum atomic E-state index is 13.8. The van der Waals surface area contributed by atoms with Crippen molar-refractivity contribution in [2.24, 2.45) is 40.4 Å². The number of methoxy groups -OCH3 is 1. The average molecular weight is 622 g/mol. The third-order valence-corrected chi connectivity index (χ3v) is 13.6. The molecule has 14 unspecified atom stereocenters. The first-order valence-corrected chi connectivity index (χ1v) is 17.0. The molecule has 14 atom stereocenters.